The van der Waals surface area contributed by atoms with Crippen molar-refractivity contribution in [1.82, 2.24) is 4.98 Å². The number of nitrogens with zero attached hydrogens (tertiary/aromatic N) is 1. The highest BCUT2D eigenvalue weighted by molar-refractivity contribution is 9.10. The SMILES string of the molecule is COc1cc(C2C(C#N)=C(N)Oc3c2ccc2cc[nH]c32)cc(Br)c1O. The number of hydrogen-bond donors (Lipinski definition) is 3. The molecule has 0 bridgehead atoms. The van der Waals surface area contributed by atoms with Gasteiger partial charge in [-0.25, -0.2) is 0 Å². The zero-order valence-electron chi connectivity index (χ0n) is 13.7. The van der Waals surface area contributed by atoms with E-state index in [-0.39, 0.29) is 11.6 Å². The molecule has 0 fully saturated rings. The number of hydrogen-bond acceptors (Lipinski definition) is 5. The Hall–Kier alpha value is -3.11. The molecule has 7 heteroatoms. The van der Waals surface area contributed by atoms with Crippen molar-refractivity contribution in [1.29, 1.82) is 5.26 Å². The van der Waals surface area contributed by atoms with E-state index in [1.165, 1.54) is 7.11 Å². The summed E-state index contributed by atoms with van der Waals surface area (Å²) in [5, 5.41) is 20.8. The molecule has 0 amide bonds. The van der Waals surface area contributed by atoms with E-state index in [4.69, 9.17) is 15.2 Å². The Morgan fingerprint density at radius 3 is 2.88 bits per heavy atom. The van der Waals surface area contributed by atoms with Crippen molar-refractivity contribution in [3.8, 4) is 23.3 Å². The van der Waals surface area contributed by atoms with Gasteiger partial charge in [-0.2, -0.15) is 5.26 Å². The van der Waals surface area contributed by atoms with Crippen molar-refractivity contribution in [3.63, 3.8) is 0 Å². The molecule has 1 aliphatic heterocycles. The fraction of sp³-hybridized carbons (Fsp3) is 0.105. The summed E-state index contributed by atoms with van der Waals surface area (Å²) in [4.78, 5) is 3.16. The lowest BCUT2D eigenvalue weighted by atomic mass is 9.83. The maximum atomic E-state index is 10.1. The van der Waals surface area contributed by atoms with Gasteiger partial charge in [0.15, 0.2) is 17.2 Å². The van der Waals surface area contributed by atoms with Gasteiger partial charge in [0, 0.05) is 17.1 Å². The summed E-state index contributed by atoms with van der Waals surface area (Å²) in [5.41, 5.74) is 8.75. The number of ether oxygens (including phenoxy) is 2. The Morgan fingerprint density at radius 2 is 2.15 bits per heavy atom. The average Bonchev–Trinajstić information content (AvgIpc) is 3.12. The van der Waals surface area contributed by atoms with Gasteiger partial charge in [0.25, 0.3) is 0 Å². The number of aromatic nitrogens is 1. The molecule has 0 saturated carbocycles. The van der Waals surface area contributed by atoms with E-state index in [0.717, 1.165) is 22.0 Å². The fourth-order valence-electron chi connectivity index (χ4n) is 3.30. The zero-order chi connectivity index (χ0) is 18.4. The van der Waals surface area contributed by atoms with Crippen molar-refractivity contribution in [2.75, 3.05) is 7.11 Å². The van der Waals surface area contributed by atoms with Gasteiger partial charge in [0.1, 0.15) is 11.6 Å². The molecule has 26 heavy (non-hydrogen) atoms. The number of nitrogens with two attached hydrogens (primary N) is 1. The Kier molecular flexibility index (Phi) is 3.78. The van der Waals surface area contributed by atoms with Crippen LogP contribution in [0.4, 0.5) is 0 Å². The molecule has 6 nitrogen and oxygen atoms in total. The Balaban J connectivity index is 2.01. The normalized spacial score (nSPS) is 16.1. The van der Waals surface area contributed by atoms with Crippen LogP contribution in [0.25, 0.3) is 10.9 Å². The second-order valence-corrected chi connectivity index (χ2v) is 6.76. The highest BCUT2D eigenvalue weighted by Crippen LogP contribution is 2.47. The van der Waals surface area contributed by atoms with Gasteiger partial charge < -0.3 is 25.3 Å². The van der Waals surface area contributed by atoms with Crippen LogP contribution in [0.2, 0.25) is 0 Å². The van der Waals surface area contributed by atoms with E-state index in [2.05, 4.69) is 27.0 Å². The summed E-state index contributed by atoms with van der Waals surface area (Å²) in [6.45, 7) is 0. The second-order valence-electron chi connectivity index (χ2n) is 5.90. The van der Waals surface area contributed by atoms with Crippen LogP contribution >= 0.6 is 15.9 Å². The Labute approximate surface area is 157 Å². The molecule has 1 unspecified atom stereocenters. The molecule has 4 rings (SSSR count). The monoisotopic (exact) mass is 411 g/mol. The van der Waals surface area contributed by atoms with Crippen LogP contribution in [0.5, 0.6) is 17.2 Å². The molecule has 1 aliphatic rings. The van der Waals surface area contributed by atoms with Crippen molar-refractivity contribution in [2.24, 2.45) is 5.73 Å². The number of aromatic hydroxyl groups is 1. The summed E-state index contributed by atoms with van der Waals surface area (Å²) in [6, 6.07) is 11.4. The molecule has 2 aromatic carbocycles. The average molecular weight is 412 g/mol. The molecular weight excluding hydrogens is 398 g/mol. The smallest absolute Gasteiger partial charge is 0.205 e. The number of fused-ring (bicyclic) bond motifs is 3. The predicted molar refractivity (Wildman–Crippen MR) is 100.0 cm³/mol. The number of nitrogens with one attached hydrogen (secondary N) is 1. The number of benzene rings is 2. The van der Waals surface area contributed by atoms with Gasteiger partial charge in [-0.1, -0.05) is 12.1 Å². The third-order valence-corrected chi connectivity index (χ3v) is 5.12. The van der Waals surface area contributed by atoms with E-state index in [0.29, 0.717) is 21.5 Å². The minimum atomic E-state index is -0.442. The van der Waals surface area contributed by atoms with Gasteiger partial charge in [-0.15, -0.1) is 0 Å². The van der Waals surface area contributed by atoms with Crippen molar-refractivity contribution >= 4 is 26.8 Å². The third kappa shape index (κ3) is 2.30. The summed E-state index contributed by atoms with van der Waals surface area (Å²) < 4.78 is 11.5. The Bertz CT molecular complexity index is 1110. The first-order valence-electron chi connectivity index (χ1n) is 7.79. The molecule has 0 radical (unpaired) electrons. The highest BCUT2D eigenvalue weighted by atomic mass is 79.9. The van der Waals surface area contributed by atoms with Gasteiger partial charge in [0.2, 0.25) is 5.88 Å². The number of halogens is 1. The zero-order valence-corrected chi connectivity index (χ0v) is 15.3. The summed E-state index contributed by atoms with van der Waals surface area (Å²) in [5.74, 6) is 0.521. The number of H-pyrrole nitrogens is 1. The van der Waals surface area contributed by atoms with Crippen LogP contribution in [-0.4, -0.2) is 17.2 Å². The second kappa shape index (κ2) is 6.00. The lowest BCUT2D eigenvalue weighted by molar-refractivity contribution is 0.370. The molecule has 0 spiro atoms. The van der Waals surface area contributed by atoms with Gasteiger partial charge in [-0.05, 0) is 39.7 Å². The minimum absolute atomic E-state index is 0.00110. The standard InChI is InChI=1S/C19H14BrN3O3/c1-25-14-7-10(6-13(20)17(14)24)15-11-3-2-9-4-5-23-16(9)18(11)26-19(22)12(15)8-21/h2-7,15,23-24H,22H2,1H3. The number of aromatic amines is 1. The predicted octanol–water partition coefficient (Wildman–Crippen LogP) is 3.86. The largest absolute Gasteiger partial charge is 0.503 e. The van der Waals surface area contributed by atoms with Gasteiger partial charge >= 0.3 is 0 Å². The van der Waals surface area contributed by atoms with E-state index in [9.17, 15) is 10.4 Å². The number of nitriles is 1. The van der Waals surface area contributed by atoms with Crippen LogP contribution in [0, 0.1) is 11.3 Å². The fourth-order valence-corrected chi connectivity index (χ4v) is 3.76. The topological polar surface area (TPSA) is 104 Å². The first-order valence-corrected chi connectivity index (χ1v) is 8.58. The molecular formula is C19H14BrN3O3. The number of allylic oxidation sites excluding steroid dienone is 1. The molecule has 130 valence electrons. The molecule has 0 saturated heterocycles. The summed E-state index contributed by atoms with van der Waals surface area (Å²) >= 11 is 3.34. The third-order valence-electron chi connectivity index (χ3n) is 4.51. The van der Waals surface area contributed by atoms with Crippen LogP contribution in [0.15, 0.2) is 52.5 Å². The van der Waals surface area contributed by atoms with Crippen LogP contribution in [0.3, 0.4) is 0 Å². The summed E-state index contributed by atoms with van der Waals surface area (Å²) in [6.07, 6.45) is 1.82. The van der Waals surface area contributed by atoms with Crippen molar-refractivity contribution in [3.05, 3.63) is 63.6 Å². The molecule has 1 aromatic heterocycles. The first-order chi connectivity index (χ1) is 12.5. The number of phenols is 1. The minimum Gasteiger partial charge on any atom is -0.503 e. The molecule has 2 heterocycles. The lowest BCUT2D eigenvalue weighted by Crippen LogP contribution is -2.21. The molecule has 1 atom stereocenters. The maximum Gasteiger partial charge on any atom is 0.205 e. The van der Waals surface area contributed by atoms with Crippen molar-refractivity contribution in [2.45, 2.75) is 5.92 Å². The van der Waals surface area contributed by atoms with E-state index in [1.54, 1.807) is 12.1 Å². The van der Waals surface area contributed by atoms with Gasteiger partial charge in [-0.3, -0.25) is 0 Å². The van der Waals surface area contributed by atoms with Gasteiger partial charge in [0.05, 0.1) is 23.0 Å². The molecule has 0 aliphatic carbocycles. The number of phenolic OH excluding ortho intramolecular Hbond substituents is 1. The summed E-state index contributed by atoms with van der Waals surface area (Å²) in [7, 11) is 1.47. The van der Waals surface area contributed by atoms with E-state index >= 15 is 0 Å². The van der Waals surface area contributed by atoms with Crippen molar-refractivity contribution < 1.29 is 14.6 Å². The van der Waals surface area contributed by atoms with Crippen LogP contribution in [0.1, 0.15) is 17.0 Å². The lowest BCUT2D eigenvalue weighted by Gasteiger charge is -2.27. The Morgan fingerprint density at radius 1 is 1.35 bits per heavy atom. The maximum absolute atomic E-state index is 10.1. The molecule has 3 aromatic rings. The molecule has 4 N–H and O–H groups in total. The number of rotatable bonds is 2. The van der Waals surface area contributed by atoms with E-state index in [1.807, 2.05) is 24.4 Å². The van der Waals surface area contributed by atoms with Crippen LogP contribution < -0.4 is 15.2 Å². The highest BCUT2D eigenvalue weighted by Gasteiger charge is 2.33. The van der Waals surface area contributed by atoms with E-state index < -0.39 is 5.92 Å². The van der Waals surface area contributed by atoms with Crippen LogP contribution in [-0.2, 0) is 0 Å². The quantitative estimate of drug-likeness (QED) is 0.593. The first kappa shape index (κ1) is 16.4. The number of methoxy groups -OCH3 is 1.